The standard InChI is InChI=1S/C26H25ClN2O3/c1-26(25(31)28-16-18-10-12-22(32-2)13-11-18)15-20-7-3-4-9-23(20)24(30)29(26)17-19-6-5-8-21(27)14-19/h3-14H,15-17H2,1-2H3,(H,28,31)/t26-/m0/s1. The quantitative estimate of drug-likeness (QED) is 0.598. The van der Waals surface area contributed by atoms with Crippen LogP contribution in [-0.4, -0.2) is 29.4 Å². The fourth-order valence-corrected chi connectivity index (χ4v) is 4.31. The second-order valence-corrected chi connectivity index (χ2v) is 8.60. The number of nitrogens with one attached hydrogen (secondary N) is 1. The summed E-state index contributed by atoms with van der Waals surface area (Å²) in [4.78, 5) is 28.6. The van der Waals surface area contributed by atoms with Crippen molar-refractivity contribution in [3.63, 3.8) is 0 Å². The fraction of sp³-hybridized carbons (Fsp3) is 0.231. The molecule has 1 aliphatic heterocycles. The molecule has 0 aliphatic carbocycles. The van der Waals surface area contributed by atoms with Crippen molar-refractivity contribution in [1.29, 1.82) is 0 Å². The Balaban J connectivity index is 1.62. The third-order valence-electron chi connectivity index (χ3n) is 5.95. The minimum Gasteiger partial charge on any atom is -0.497 e. The van der Waals surface area contributed by atoms with Gasteiger partial charge < -0.3 is 15.0 Å². The number of methoxy groups -OCH3 is 1. The molecule has 3 aromatic rings. The van der Waals surface area contributed by atoms with Crippen LogP contribution in [0.3, 0.4) is 0 Å². The molecule has 0 aromatic heterocycles. The molecule has 0 spiro atoms. The second kappa shape index (κ2) is 9.05. The molecule has 1 atom stereocenters. The monoisotopic (exact) mass is 448 g/mol. The number of amides is 2. The lowest BCUT2D eigenvalue weighted by molar-refractivity contribution is -0.132. The van der Waals surface area contributed by atoms with Gasteiger partial charge in [-0.15, -0.1) is 0 Å². The second-order valence-electron chi connectivity index (χ2n) is 8.16. The zero-order chi connectivity index (χ0) is 22.7. The highest BCUT2D eigenvalue weighted by Crippen LogP contribution is 2.33. The first-order chi connectivity index (χ1) is 15.4. The Bertz CT molecular complexity index is 1150. The minimum absolute atomic E-state index is 0.158. The highest BCUT2D eigenvalue weighted by Gasteiger charge is 2.46. The SMILES string of the molecule is COc1ccc(CNC(=O)[C@]2(C)Cc3ccccc3C(=O)N2Cc2cccc(Cl)c2)cc1. The molecule has 1 aliphatic rings. The molecule has 0 radical (unpaired) electrons. The third-order valence-corrected chi connectivity index (χ3v) is 6.19. The molecule has 6 heteroatoms. The zero-order valence-corrected chi connectivity index (χ0v) is 18.9. The van der Waals surface area contributed by atoms with E-state index in [9.17, 15) is 9.59 Å². The average molecular weight is 449 g/mol. The Kier molecular flexibility index (Phi) is 6.19. The number of nitrogens with zero attached hydrogens (tertiary/aromatic N) is 1. The number of hydrogen-bond acceptors (Lipinski definition) is 3. The maximum absolute atomic E-state index is 13.5. The van der Waals surface area contributed by atoms with E-state index in [0.717, 1.165) is 22.4 Å². The molecule has 2 amide bonds. The van der Waals surface area contributed by atoms with Crippen LogP contribution in [0.25, 0.3) is 0 Å². The molecule has 32 heavy (non-hydrogen) atoms. The van der Waals surface area contributed by atoms with E-state index in [4.69, 9.17) is 16.3 Å². The molecular formula is C26H25ClN2O3. The van der Waals surface area contributed by atoms with Crippen LogP contribution in [0, 0.1) is 0 Å². The van der Waals surface area contributed by atoms with Crippen molar-refractivity contribution in [3.8, 4) is 5.75 Å². The molecule has 1 heterocycles. The van der Waals surface area contributed by atoms with Gasteiger partial charge in [0.15, 0.2) is 0 Å². The molecule has 0 unspecified atom stereocenters. The average Bonchev–Trinajstić information content (AvgIpc) is 2.80. The van der Waals surface area contributed by atoms with Crippen molar-refractivity contribution in [2.75, 3.05) is 7.11 Å². The Labute approximate surface area is 193 Å². The summed E-state index contributed by atoms with van der Waals surface area (Å²) in [6.45, 7) is 2.48. The Morgan fingerprint density at radius 1 is 1.06 bits per heavy atom. The molecule has 0 saturated heterocycles. The highest BCUT2D eigenvalue weighted by molar-refractivity contribution is 6.30. The summed E-state index contributed by atoms with van der Waals surface area (Å²) in [6, 6.07) is 22.4. The van der Waals surface area contributed by atoms with E-state index in [0.29, 0.717) is 30.1 Å². The van der Waals surface area contributed by atoms with Gasteiger partial charge in [0.1, 0.15) is 11.3 Å². The van der Waals surface area contributed by atoms with E-state index >= 15 is 0 Å². The van der Waals surface area contributed by atoms with Crippen molar-refractivity contribution in [1.82, 2.24) is 10.2 Å². The van der Waals surface area contributed by atoms with Crippen molar-refractivity contribution >= 4 is 23.4 Å². The Morgan fingerprint density at radius 3 is 2.53 bits per heavy atom. The van der Waals surface area contributed by atoms with Crippen LogP contribution >= 0.6 is 11.6 Å². The van der Waals surface area contributed by atoms with Gasteiger partial charge in [0.25, 0.3) is 5.91 Å². The number of carbonyl (C=O) groups is 2. The molecule has 3 aromatic carbocycles. The van der Waals surface area contributed by atoms with Gasteiger partial charge in [-0.05, 0) is 53.9 Å². The van der Waals surface area contributed by atoms with Gasteiger partial charge in [-0.1, -0.05) is 54.1 Å². The van der Waals surface area contributed by atoms with E-state index in [2.05, 4.69) is 5.32 Å². The van der Waals surface area contributed by atoms with Crippen LogP contribution < -0.4 is 10.1 Å². The topological polar surface area (TPSA) is 58.6 Å². The predicted molar refractivity (Wildman–Crippen MR) is 125 cm³/mol. The Morgan fingerprint density at radius 2 is 1.81 bits per heavy atom. The first-order valence-corrected chi connectivity index (χ1v) is 10.8. The van der Waals surface area contributed by atoms with E-state index in [-0.39, 0.29) is 11.8 Å². The van der Waals surface area contributed by atoms with Crippen LogP contribution in [0.2, 0.25) is 5.02 Å². The summed E-state index contributed by atoms with van der Waals surface area (Å²) in [5, 5.41) is 3.62. The lowest BCUT2D eigenvalue weighted by atomic mass is 9.82. The molecule has 164 valence electrons. The van der Waals surface area contributed by atoms with Gasteiger partial charge in [-0.25, -0.2) is 0 Å². The fourth-order valence-electron chi connectivity index (χ4n) is 4.10. The van der Waals surface area contributed by atoms with Gasteiger partial charge in [0, 0.05) is 30.1 Å². The number of benzene rings is 3. The molecule has 1 N–H and O–H groups in total. The summed E-state index contributed by atoms with van der Waals surface area (Å²) in [5.41, 5.74) is 2.29. The number of ether oxygens (including phenoxy) is 1. The first-order valence-electron chi connectivity index (χ1n) is 10.5. The van der Waals surface area contributed by atoms with Crippen LogP contribution in [0.1, 0.15) is 34.0 Å². The van der Waals surface area contributed by atoms with Crippen LogP contribution in [-0.2, 0) is 24.3 Å². The highest BCUT2D eigenvalue weighted by atomic mass is 35.5. The number of rotatable bonds is 6. The van der Waals surface area contributed by atoms with Gasteiger partial charge in [0.05, 0.1) is 7.11 Å². The van der Waals surface area contributed by atoms with Gasteiger partial charge >= 0.3 is 0 Å². The van der Waals surface area contributed by atoms with Crippen LogP contribution in [0.5, 0.6) is 5.75 Å². The van der Waals surface area contributed by atoms with E-state index in [1.165, 1.54) is 0 Å². The minimum atomic E-state index is -1.04. The zero-order valence-electron chi connectivity index (χ0n) is 18.1. The molecule has 0 fully saturated rings. The van der Waals surface area contributed by atoms with Crippen LogP contribution in [0.4, 0.5) is 0 Å². The smallest absolute Gasteiger partial charge is 0.255 e. The number of hydrogen-bond donors (Lipinski definition) is 1. The van der Waals surface area contributed by atoms with Crippen molar-refractivity contribution < 1.29 is 14.3 Å². The molecule has 4 rings (SSSR count). The normalized spacial score (nSPS) is 17.6. The van der Waals surface area contributed by atoms with Crippen molar-refractivity contribution in [2.24, 2.45) is 0 Å². The van der Waals surface area contributed by atoms with E-state index < -0.39 is 5.54 Å². The van der Waals surface area contributed by atoms with Gasteiger partial charge in [-0.3, -0.25) is 9.59 Å². The molecule has 0 bridgehead atoms. The van der Waals surface area contributed by atoms with E-state index in [1.807, 2.05) is 73.7 Å². The predicted octanol–water partition coefficient (Wildman–Crippen LogP) is 4.62. The van der Waals surface area contributed by atoms with Gasteiger partial charge in [0.2, 0.25) is 5.91 Å². The number of carbonyl (C=O) groups excluding carboxylic acids is 2. The maximum Gasteiger partial charge on any atom is 0.255 e. The van der Waals surface area contributed by atoms with Gasteiger partial charge in [-0.2, -0.15) is 0 Å². The number of halogens is 1. The van der Waals surface area contributed by atoms with Crippen molar-refractivity contribution in [3.05, 3.63) is 100 Å². The summed E-state index contributed by atoms with van der Waals surface area (Å²) < 4.78 is 5.19. The van der Waals surface area contributed by atoms with E-state index in [1.54, 1.807) is 18.1 Å². The molecule has 5 nitrogen and oxygen atoms in total. The van der Waals surface area contributed by atoms with Crippen LogP contribution in [0.15, 0.2) is 72.8 Å². The summed E-state index contributed by atoms with van der Waals surface area (Å²) in [6.07, 6.45) is 0.434. The van der Waals surface area contributed by atoms with Crippen molar-refractivity contribution in [2.45, 2.75) is 32.0 Å². The summed E-state index contributed by atoms with van der Waals surface area (Å²) in [7, 11) is 1.62. The maximum atomic E-state index is 13.5. The largest absolute Gasteiger partial charge is 0.497 e. The molecule has 0 saturated carbocycles. The Hall–Kier alpha value is -3.31. The lowest BCUT2D eigenvalue weighted by Gasteiger charge is -2.44. The lowest BCUT2D eigenvalue weighted by Crippen LogP contribution is -2.62. The summed E-state index contributed by atoms with van der Waals surface area (Å²) >= 11 is 6.16. The summed E-state index contributed by atoms with van der Waals surface area (Å²) in [5.74, 6) is 0.404. The molecular weight excluding hydrogens is 424 g/mol. The first kappa shape index (κ1) is 21.9. The number of fused-ring (bicyclic) bond motifs is 1. The third kappa shape index (κ3) is 4.34.